The van der Waals surface area contributed by atoms with Crippen LogP contribution in [0.2, 0.25) is 0 Å². The van der Waals surface area contributed by atoms with E-state index in [1.165, 1.54) is 18.4 Å². The average Bonchev–Trinajstić information content (AvgIpc) is 2.84. The minimum atomic E-state index is -0.293. The quantitative estimate of drug-likeness (QED) is 0.894. The molecule has 0 fully saturated rings. The molecule has 0 bridgehead atoms. The summed E-state index contributed by atoms with van der Waals surface area (Å²) in [5.74, 6) is -0.293. The lowest BCUT2D eigenvalue weighted by atomic mass is 10.2. The lowest BCUT2D eigenvalue weighted by Gasteiger charge is -2.18. The van der Waals surface area contributed by atoms with Gasteiger partial charge in [-0.1, -0.05) is 6.07 Å². The van der Waals surface area contributed by atoms with E-state index < -0.39 is 0 Å². The topological polar surface area (TPSA) is 95.0 Å². The normalized spacial score (nSPS) is 9.95. The third-order valence-corrected chi connectivity index (χ3v) is 4.20. The van der Waals surface area contributed by atoms with Crippen molar-refractivity contribution in [1.29, 1.82) is 5.26 Å². The van der Waals surface area contributed by atoms with Crippen LogP contribution in [0.5, 0.6) is 0 Å². The monoisotopic (exact) mass is 301 g/mol. The van der Waals surface area contributed by atoms with Gasteiger partial charge in [0.15, 0.2) is 0 Å². The van der Waals surface area contributed by atoms with Crippen molar-refractivity contribution in [3.8, 4) is 6.07 Å². The fourth-order valence-electron chi connectivity index (χ4n) is 1.96. The molecule has 1 amide bonds. The van der Waals surface area contributed by atoms with Crippen LogP contribution in [0.3, 0.4) is 0 Å². The lowest BCUT2D eigenvalue weighted by Crippen LogP contribution is -2.23. The summed E-state index contributed by atoms with van der Waals surface area (Å²) in [5, 5.41) is 12.3. The average molecular weight is 301 g/mol. The molecule has 21 heavy (non-hydrogen) atoms. The van der Waals surface area contributed by atoms with Crippen LogP contribution in [0.25, 0.3) is 0 Å². The van der Waals surface area contributed by atoms with Crippen LogP contribution < -0.4 is 16.0 Å². The predicted molar refractivity (Wildman–Crippen MR) is 83.2 cm³/mol. The van der Waals surface area contributed by atoms with Crippen LogP contribution >= 0.6 is 11.3 Å². The van der Waals surface area contributed by atoms with Crippen LogP contribution in [0.4, 0.5) is 10.7 Å². The van der Waals surface area contributed by atoms with Crippen molar-refractivity contribution in [2.24, 2.45) is 0 Å². The fourth-order valence-corrected chi connectivity index (χ4v) is 2.94. The number of nitrogens with one attached hydrogen (secondary N) is 1. The van der Waals surface area contributed by atoms with Gasteiger partial charge in [-0.3, -0.25) is 9.78 Å². The van der Waals surface area contributed by atoms with E-state index in [1.807, 2.05) is 30.1 Å². The van der Waals surface area contributed by atoms with Gasteiger partial charge in [-0.2, -0.15) is 5.26 Å². The van der Waals surface area contributed by atoms with E-state index in [-0.39, 0.29) is 11.6 Å². The summed E-state index contributed by atoms with van der Waals surface area (Å²) >= 11 is 1.22. The molecule has 0 spiro atoms. The molecule has 0 radical (unpaired) electrons. The van der Waals surface area contributed by atoms with E-state index in [4.69, 9.17) is 11.0 Å². The molecule has 2 rings (SSSR count). The highest BCUT2D eigenvalue weighted by Crippen LogP contribution is 2.37. The van der Waals surface area contributed by atoms with Gasteiger partial charge < -0.3 is 16.0 Å². The summed E-state index contributed by atoms with van der Waals surface area (Å²) in [7, 11) is 3.39. The third-order valence-electron chi connectivity index (χ3n) is 2.97. The van der Waals surface area contributed by atoms with Gasteiger partial charge in [0.05, 0.1) is 11.3 Å². The number of aromatic nitrogens is 1. The molecule has 6 nitrogen and oxygen atoms in total. The second kappa shape index (κ2) is 6.24. The molecule has 3 N–H and O–H groups in total. The fraction of sp³-hybridized carbons (Fsp3) is 0.214. The highest BCUT2D eigenvalue weighted by Gasteiger charge is 2.23. The van der Waals surface area contributed by atoms with Gasteiger partial charge in [-0.05, 0) is 11.6 Å². The zero-order valence-corrected chi connectivity index (χ0v) is 12.6. The molecule has 0 unspecified atom stereocenters. The van der Waals surface area contributed by atoms with Crippen molar-refractivity contribution in [3.63, 3.8) is 0 Å². The molecule has 2 aromatic rings. The molecule has 2 heterocycles. The first-order valence-corrected chi connectivity index (χ1v) is 7.04. The minimum Gasteiger partial charge on any atom is -0.396 e. The van der Waals surface area contributed by atoms with Gasteiger partial charge in [-0.15, -0.1) is 11.3 Å². The molecule has 0 saturated carbocycles. The number of hydrogen-bond donors (Lipinski definition) is 2. The van der Waals surface area contributed by atoms with Crippen molar-refractivity contribution in [1.82, 2.24) is 10.3 Å². The van der Waals surface area contributed by atoms with Crippen molar-refractivity contribution in [2.45, 2.75) is 6.54 Å². The maximum absolute atomic E-state index is 12.0. The van der Waals surface area contributed by atoms with Crippen molar-refractivity contribution in [2.75, 3.05) is 24.7 Å². The standard InChI is InChI=1S/C14H15N5OS/c1-17-13(20)11-12(16)10(6-15)21-14(11)19(2)8-9-4-3-5-18-7-9/h3-5,7H,8,16H2,1-2H3,(H,17,20). The summed E-state index contributed by atoms with van der Waals surface area (Å²) in [4.78, 5) is 18.3. The zero-order chi connectivity index (χ0) is 15.4. The number of nitrogens with two attached hydrogens (primary N) is 1. The van der Waals surface area contributed by atoms with Crippen LogP contribution in [-0.2, 0) is 6.54 Å². The smallest absolute Gasteiger partial charge is 0.256 e. The Morgan fingerprint density at radius 2 is 2.38 bits per heavy atom. The Morgan fingerprint density at radius 1 is 1.62 bits per heavy atom. The Labute approximate surface area is 126 Å². The molecule has 0 saturated heterocycles. The van der Waals surface area contributed by atoms with Crippen LogP contribution in [0.1, 0.15) is 20.8 Å². The number of anilines is 2. The largest absolute Gasteiger partial charge is 0.396 e. The predicted octanol–water partition coefficient (Wildman–Crippen LogP) is 1.59. The molecule has 108 valence electrons. The molecule has 0 atom stereocenters. The number of nitrogens with zero attached hydrogens (tertiary/aromatic N) is 3. The molecule has 0 aliphatic rings. The number of pyridine rings is 1. The number of rotatable bonds is 4. The number of nitrogen functional groups attached to an aromatic ring is 1. The number of nitriles is 1. The summed E-state index contributed by atoms with van der Waals surface area (Å²) in [6.45, 7) is 0.572. The van der Waals surface area contributed by atoms with Crippen LogP contribution in [0, 0.1) is 11.3 Å². The second-order valence-electron chi connectivity index (χ2n) is 4.43. The van der Waals surface area contributed by atoms with E-state index in [1.54, 1.807) is 12.4 Å². The van der Waals surface area contributed by atoms with Crippen molar-refractivity contribution < 1.29 is 4.79 Å². The molecular formula is C14H15N5OS. The molecular weight excluding hydrogens is 286 g/mol. The SMILES string of the molecule is CNC(=O)c1c(N(C)Cc2cccnc2)sc(C#N)c1N. The van der Waals surface area contributed by atoms with Gasteiger partial charge in [-0.25, -0.2) is 0 Å². The van der Waals surface area contributed by atoms with Crippen molar-refractivity contribution in [3.05, 3.63) is 40.5 Å². The van der Waals surface area contributed by atoms with E-state index >= 15 is 0 Å². The molecule has 7 heteroatoms. The van der Waals surface area contributed by atoms with E-state index in [0.717, 1.165) is 5.56 Å². The Morgan fingerprint density at radius 3 is 2.95 bits per heavy atom. The first kappa shape index (κ1) is 14.8. The van der Waals surface area contributed by atoms with E-state index in [0.29, 0.717) is 22.0 Å². The maximum atomic E-state index is 12.0. The van der Waals surface area contributed by atoms with Gasteiger partial charge in [0.2, 0.25) is 0 Å². The highest BCUT2D eigenvalue weighted by molar-refractivity contribution is 7.17. The van der Waals surface area contributed by atoms with Gasteiger partial charge in [0.25, 0.3) is 5.91 Å². The Bertz CT molecular complexity index is 689. The summed E-state index contributed by atoms with van der Waals surface area (Å²) in [6, 6.07) is 5.83. The number of carbonyl (C=O) groups excluding carboxylic acids is 1. The summed E-state index contributed by atoms with van der Waals surface area (Å²) in [5.41, 5.74) is 7.50. The Kier molecular flexibility index (Phi) is 4.40. The summed E-state index contributed by atoms with van der Waals surface area (Å²) in [6.07, 6.45) is 3.47. The molecule has 0 aliphatic heterocycles. The maximum Gasteiger partial charge on any atom is 0.256 e. The number of hydrogen-bond acceptors (Lipinski definition) is 6. The van der Waals surface area contributed by atoms with Gasteiger partial charge in [0, 0.05) is 33.0 Å². The Hall–Kier alpha value is -2.59. The molecule has 0 aromatic carbocycles. The number of thiophene rings is 1. The minimum absolute atomic E-state index is 0.231. The number of amides is 1. The van der Waals surface area contributed by atoms with Gasteiger partial charge in [0.1, 0.15) is 15.9 Å². The molecule has 2 aromatic heterocycles. The first-order valence-electron chi connectivity index (χ1n) is 6.23. The molecule has 0 aliphatic carbocycles. The van der Waals surface area contributed by atoms with Crippen LogP contribution in [0.15, 0.2) is 24.5 Å². The van der Waals surface area contributed by atoms with Crippen LogP contribution in [-0.4, -0.2) is 25.0 Å². The Balaban J connectivity index is 2.38. The second-order valence-corrected chi connectivity index (χ2v) is 5.43. The van der Waals surface area contributed by atoms with E-state index in [2.05, 4.69) is 10.3 Å². The van der Waals surface area contributed by atoms with E-state index in [9.17, 15) is 4.79 Å². The third kappa shape index (κ3) is 2.95. The lowest BCUT2D eigenvalue weighted by molar-refractivity contribution is 0.0965. The van der Waals surface area contributed by atoms with Gasteiger partial charge >= 0.3 is 0 Å². The zero-order valence-electron chi connectivity index (χ0n) is 11.8. The first-order chi connectivity index (χ1) is 10.1. The number of carbonyl (C=O) groups is 1. The highest BCUT2D eigenvalue weighted by atomic mass is 32.1. The summed E-state index contributed by atoms with van der Waals surface area (Å²) < 4.78 is 0. The van der Waals surface area contributed by atoms with Crippen molar-refractivity contribution >= 4 is 27.9 Å².